The Kier molecular flexibility index (Phi) is 4.05. The van der Waals surface area contributed by atoms with Crippen molar-refractivity contribution in [1.29, 1.82) is 0 Å². The zero-order valence-electron chi connectivity index (χ0n) is 14.5. The standard InChI is InChI=1S/C22H25NO/c1-3-13-24-17-11-12-21-20(14-17)18-5-4-6-19(18)22(23-21)16-9-7-15(2)8-10-16/h4-5,7-12,14,18-19,22-23H,3,6,13H2,1-2H3. The Morgan fingerprint density at radius 2 is 1.96 bits per heavy atom. The number of allylic oxidation sites excluding steroid dienone is 2. The molecule has 0 saturated heterocycles. The average Bonchev–Trinajstić information content (AvgIpc) is 3.10. The lowest BCUT2D eigenvalue weighted by atomic mass is 9.77. The van der Waals surface area contributed by atoms with Gasteiger partial charge in [0.25, 0.3) is 0 Å². The summed E-state index contributed by atoms with van der Waals surface area (Å²) in [7, 11) is 0. The average molecular weight is 319 g/mol. The summed E-state index contributed by atoms with van der Waals surface area (Å²) in [5.41, 5.74) is 5.33. The van der Waals surface area contributed by atoms with Crippen molar-refractivity contribution in [3.05, 3.63) is 71.3 Å². The van der Waals surface area contributed by atoms with Crippen molar-refractivity contribution < 1.29 is 4.74 Å². The maximum Gasteiger partial charge on any atom is 0.119 e. The quantitative estimate of drug-likeness (QED) is 0.740. The van der Waals surface area contributed by atoms with Crippen LogP contribution in [0.15, 0.2) is 54.6 Å². The van der Waals surface area contributed by atoms with E-state index in [-0.39, 0.29) is 0 Å². The molecule has 1 heterocycles. The third-order valence-electron chi connectivity index (χ3n) is 5.24. The van der Waals surface area contributed by atoms with Gasteiger partial charge in [-0.2, -0.15) is 0 Å². The molecule has 0 spiro atoms. The van der Waals surface area contributed by atoms with E-state index >= 15 is 0 Å². The molecule has 24 heavy (non-hydrogen) atoms. The van der Waals surface area contributed by atoms with Gasteiger partial charge in [-0.3, -0.25) is 0 Å². The maximum atomic E-state index is 5.84. The highest BCUT2D eigenvalue weighted by molar-refractivity contribution is 5.61. The van der Waals surface area contributed by atoms with Gasteiger partial charge in [0.2, 0.25) is 0 Å². The highest BCUT2D eigenvalue weighted by Crippen LogP contribution is 2.50. The summed E-state index contributed by atoms with van der Waals surface area (Å²) in [6, 6.07) is 15.9. The fraction of sp³-hybridized carbons (Fsp3) is 0.364. The predicted molar refractivity (Wildman–Crippen MR) is 99.8 cm³/mol. The van der Waals surface area contributed by atoms with E-state index < -0.39 is 0 Å². The molecule has 0 aromatic heterocycles. The summed E-state index contributed by atoms with van der Waals surface area (Å²) in [4.78, 5) is 0. The molecular weight excluding hydrogens is 294 g/mol. The maximum absolute atomic E-state index is 5.84. The smallest absolute Gasteiger partial charge is 0.119 e. The highest BCUT2D eigenvalue weighted by Gasteiger charge is 2.37. The number of hydrogen-bond acceptors (Lipinski definition) is 2. The molecule has 0 bridgehead atoms. The van der Waals surface area contributed by atoms with E-state index in [9.17, 15) is 0 Å². The minimum absolute atomic E-state index is 0.375. The van der Waals surface area contributed by atoms with Crippen molar-refractivity contribution in [2.24, 2.45) is 5.92 Å². The summed E-state index contributed by atoms with van der Waals surface area (Å²) in [6.45, 7) is 5.06. The first kappa shape index (κ1) is 15.3. The number of anilines is 1. The van der Waals surface area contributed by atoms with Crippen LogP contribution in [-0.2, 0) is 0 Å². The van der Waals surface area contributed by atoms with Crippen LogP contribution < -0.4 is 10.1 Å². The lowest BCUT2D eigenvalue weighted by molar-refractivity contribution is 0.316. The van der Waals surface area contributed by atoms with Crippen molar-refractivity contribution in [3.8, 4) is 5.75 Å². The summed E-state index contributed by atoms with van der Waals surface area (Å²) in [6.07, 6.45) is 6.90. The SMILES string of the molecule is CCCOc1ccc2c(c1)C1C=CCC1C(c1ccc(C)cc1)N2. The summed E-state index contributed by atoms with van der Waals surface area (Å²) in [5, 5.41) is 3.79. The third kappa shape index (κ3) is 2.71. The first-order valence-electron chi connectivity index (χ1n) is 9.03. The van der Waals surface area contributed by atoms with Crippen LogP contribution in [0, 0.1) is 12.8 Å². The fourth-order valence-electron chi connectivity index (χ4n) is 3.99. The molecule has 2 nitrogen and oxygen atoms in total. The second-order valence-corrected chi connectivity index (χ2v) is 6.98. The van der Waals surface area contributed by atoms with Crippen LogP contribution in [0.2, 0.25) is 0 Å². The van der Waals surface area contributed by atoms with Gasteiger partial charge in [-0.1, -0.05) is 48.9 Å². The molecule has 2 aromatic carbocycles. The number of benzene rings is 2. The monoisotopic (exact) mass is 319 g/mol. The summed E-state index contributed by atoms with van der Waals surface area (Å²) in [5.74, 6) is 2.06. The van der Waals surface area contributed by atoms with Gasteiger partial charge in [0.15, 0.2) is 0 Å². The van der Waals surface area contributed by atoms with Crippen LogP contribution >= 0.6 is 0 Å². The Bertz CT molecular complexity index is 747. The van der Waals surface area contributed by atoms with Crippen molar-refractivity contribution in [2.45, 2.75) is 38.6 Å². The van der Waals surface area contributed by atoms with Crippen molar-refractivity contribution >= 4 is 5.69 Å². The van der Waals surface area contributed by atoms with Crippen LogP contribution in [0.1, 0.15) is 48.4 Å². The van der Waals surface area contributed by atoms with E-state index in [1.165, 1.54) is 22.4 Å². The lowest BCUT2D eigenvalue weighted by Crippen LogP contribution is -2.29. The molecular formula is C22H25NO. The molecule has 1 aliphatic carbocycles. The van der Waals surface area contributed by atoms with E-state index in [0.717, 1.165) is 25.2 Å². The van der Waals surface area contributed by atoms with E-state index in [0.29, 0.717) is 17.9 Å². The number of rotatable bonds is 4. The summed E-state index contributed by atoms with van der Waals surface area (Å²) < 4.78 is 5.84. The number of fused-ring (bicyclic) bond motifs is 3. The molecule has 2 aromatic rings. The van der Waals surface area contributed by atoms with Crippen molar-refractivity contribution in [2.75, 3.05) is 11.9 Å². The molecule has 3 unspecified atom stereocenters. The largest absolute Gasteiger partial charge is 0.494 e. The van der Waals surface area contributed by atoms with Crippen LogP contribution in [0.25, 0.3) is 0 Å². The van der Waals surface area contributed by atoms with Gasteiger partial charge in [0, 0.05) is 11.6 Å². The number of hydrogen-bond donors (Lipinski definition) is 1. The van der Waals surface area contributed by atoms with Gasteiger partial charge in [0.05, 0.1) is 12.6 Å². The second kappa shape index (κ2) is 6.35. The Morgan fingerprint density at radius 3 is 2.75 bits per heavy atom. The van der Waals surface area contributed by atoms with Crippen LogP contribution in [0.4, 0.5) is 5.69 Å². The molecule has 2 aliphatic rings. The molecule has 1 N–H and O–H groups in total. The Balaban J connectivity index is 1.68. The van der Waals surface area contributed by atoms with Gasteiger partial charge in [-0.25, -0.2) is 0 Å². The van der Waals surface area contributed by atoms with Crippen molar-refractivity contribution in [3.63, 3.8) is 0 Å². The van der Waals surface area contributed by atoms with Crippen LogP contribution in [0.3, 0.4) is 0 Å². The number of nitrogens with one attached hydrogen (secondary N) is 1. The van der Waals surface area contributed by atoms with E-state index in [1.54, 1.807) is 0 Å². The van der Waals surface area contributed by atoms with Crippen LogP contribution in [0.5, 0.6) is 5.75 Å². The Hall–Kier alpha value is -2.22. The Morgan fingerprint density at radius 1 is 1.12 bits per heavy atom. The van der Waals surface area contributed by atoms with E-state index in [1.807, 2.05) is 0 Å². The van der Waals surface area contributed by atoms with Gasteiger partial charge in [-0.15, -0.1) is 0 Å². The third-order valence-corrected chi connectivity index (χ3v) is 5.24. The first-order valence-corrected chi connectivity index (χ1v) is 9.03. The minimum Gasteiger partial charge on any atom is -0.494 e. The molecule has 124 valence electrons. The predicted octanol–water partition coefficient (Wildman–Crippen LogP) is 5.61. The normalized spacial score (nSPS) is 24.2. The molecule has 2 heteroatoms. The topological polar surface area (TPSA) is 21.3 Å². The molecule has 0 radical (unpaired) electrons. The Labute approximate surface area is 144 Å². The molecule has 1 aliphatic heterocycles. The summed E-state index contributed by atoms with van der Waals surface area (Å²) >= 11 is 0. The number of ether oxygens (including phenoxy) is 1. The lowest BCUT2D eigenvalue weighted by Gasteiger charge is -2.37. The molecule has 0 fully saturated rings. The molecule has 3 atom stereocenters. The van der Waals surface area contributed by atoms with Gasteiger partial charge >= 0.3 is 0 Å². The molecule has 4 rings (SSSR count). The van der Waals surface area contributed by atoms with E-state index in [4.69, 9.17) is 4.74 Å². The zero-order chi connectivity index (χ0) is 16.5. The molecule has 0 saturated carbocycles. The van der Waals surface area contributed by atoms with E-state index in [2.05, 4.69) is 73.8 Å². The van der Waals surface area contributed by atoms with Gasteiger partial charge < -0.3 is 10.1 Å². The number of aryl methyl sites for hydroxylation is 1. The molecule has 0 amide bonds. The van der Waals surface area contributed by atoms with Gasteiger partial charge in [0.1, 0.15) is 5.75 Å². The fourth-order valence-corrected chi connectivity index (χ4v) is 3.99. The minimum atomic E-state index is 0.375. The second-order valence-electron chi connectivity index (χ2n) is 6.98. The van der Waals surface area contributed by atoms with Crippen molar-refractivity contribution in [1.82, 2.24) is 0 Å². The van der Waals surface area contributed by atoms with Gasteiger partial charge in [-0.05, 0) is 55.0 Å². The zero-order valence-corrected chi connectivity index (χ0v) is 14.5. The van der Waals surface area contributed by atoms with Crippen LogP contribution in [-0.4, -0.2) is 6.61 Å². The highest BCUT2D eigenvalue weighted by atomic mass is 16.5. The first-order chi connectivity index (χ1) is 11.8.